The van der Waals surface area contributed by atoms with Crippen molar-refractivity contribution in [3.05, 3.63) is 34.1 Å². The molecule has 0 bridgehead atoms. The molecule has 2 atom stereocenters. The molecule has 1 aromatic carbocycles. The van der Waals surface area contributed by atoms with Crippen LogP contribution in [0.3, 0.4) is 0 Å². The van der Waals surface area contributed by atoms with Gasteiger partial charge in [-0.1, -0.05) is 28.4 Å². The third-order valence-corrected chi connectivity index (χ3v) is 5.54. The van der Waals surface area contributed by atoms with Crippen LogP contribution < -0.4 is 5.73 Å². The van der Waals surface area contributed by atoms with Gasteiger partial charge in [-0.2, -0.15) is 0 Å². The fourth-order valence-corrected chi connectivity index (χ4v) is 4.32. The molecular weight excluding hydrogens is 333 g/mol. The Hall–Kier alpha value is -0.490. The number of hydrogen-bond donors (Lipinski definition) is 1. The van der Waals surface area contributed by atoms with Crippen molar-refractivity contribution in [1.82, 2.24) is 9.80 Å². The van der Waals surface area contributed by atoms with Crippen molar-refractivity contribution in [2.75, 3.05) is 32.7 Å². The minimum Gasteiger partial charge on any atom is -0.329 e. The number of piperazine rings is 1. The summed E-state index contributed by atoms with van der Waals surface area (Å²) in [4.78, 5) is 5.10. The lowest BCUT2D eigenvalue weighted by Gasteiger charge is -2.46. The van der Waals surface area contributed by atoms with Gasteiger partial charge in [0.2, 0.25) is 0 Å². The molecule has 2 N–H and O–H groups in total. The van der Waals surface area contributed by atoms with Gasteiger partial charge in [0.15, 0.2) is 0 Å². The molecule has 3 rings (SSSR count). The lowest BCUT2D eigenvalue weighted by molar-refractivity contribution is 0.0284. The van der Waals surface area contributed by atoms with Crippen LogP contribution in [0.15, 0.2) is 22.7 Å². The predicted molar refractivity (Wildman–Crippen MR) is 86.7 cm³/mol. The topological polar surface area (TPSA) is 32.5 Å². The molecule has 2 heterocycles. The van der Waals surface area contributed by atoms with Gasteiger partial charge in [-0.3, -0.25) is 9.80 Å². The number of benzene rings is 1. The first kappa shape index (κ1) is 15.4. The molecule has 2 saturated heterocycles. The molecule has 0 amide bonds. The molecule has 116 valence electrons. The van der Waals surface area contributed by atoms with E-state index in [4.69, 9.17) is 5.73 Å². The summed E-state index contributed by atoms with van der Waals surface area (Å²) in [7, 11) is 0. The summed E-state index contributed by atoms with van der Waals surface area (Å²) >= 11 is 3.49. The standard InChI is InChI=1S/C16H23BrFN3/c17-15-9-12(18)4-5-14(15)16(10-19)21-8-7-20-6-2-1-3-13(20)11-21/h4-5,9,13,16H,1-3,6-8,10-11,19H2. The second kappa shape index (κ2) is 6.73. The normalized spacial score (nSPS) is 25.6. The minimum absolute atomic E-state index is 0.170. The lowest BCUT2D eigenvalue weighted by atomic mass is 9.97. The van der Waals surface area contributed by atoms with Gasteiger partial charge >= 0.3 is 0 Å². The number of piperidine rings is 1. The van der Waals surface area contributed by atoms with E-state index in [2.05, 4.69) is 25.7 Å². The maximum Gasteiger partial charge on any atom is 0.124 e. The zero-order valence-electron chi connectivity index (χ0n) is 12.3. The van der Waals surface area contributed by atoms with Gasteiger partial charge in [-0.15, -0.1) is 0 Å². The molecule has 0 aliphatic carbocycles. The largest absolute Gasteiger partial charge is 0.329 e. The van der Waals surface area contributed by atoms with E-state index in [9.17, 15) is 4.39 Å². The van der Waals surface area contributed by atoms with E-state index in [1.54, 1.807) is 0 Å². The van der Waals surface area contributed by atoms with E-state index in [0.29, 0.717) is 12.6 Å². The fraction of sp³-hybridized carbons (Fsp3) is 0.625. The van der Waals surface area contributed by atoms with Crippen LogP contribution in [0, 0.1) is 5.82 Å². The van der Waals surface area contributed by atoms with E-state index in [1.807, 2.05) is 6.07 Å². The van der Waals surface area contributed by atoms with Crippen molar-refractivity contribution < 1.29 is 4.39 Å². The quantitative estimate of drug-likeness (QED) is 0.904. The van der Waals surface area contributed by atoms with Gasteiger partial charge < -0.3 is 5.73 Å². The smallest absolute Gasteiger partial charge is 0.124 e. The SMILES string of the molecule is NCC(c1ccc(F)cc1Br)N1CCN2CCCCC2C1. The van der Waals surface area contributed by atoms with Crippen molar-refractivity contribution in [2.24, 2.45) is 5.73 Å². The van der Waals surface area contributed by atoms with E-state index in [0.717, 1.165) is 29.7 Å². The maximum absolute atomic E-state index is 13.3. The first-order valence-electron chi connectivity index (χ1n) is 7.82. The molecule has 2 aliphatic rings. The van der Waals surface area contributed by atoms with E-state index in [-0.39, 0.29) is 11.9 Å². The van der Waals surface area contributed by atoms with E-state index < -0.39 is 0 Å². The highest BCUT2D eigenvalue weighted by Crippen LogP contribution is 2.31. The molecular formula is C16H23BrFN3. The Morgan fingerprint density at radius 2 is 2.14 bits per heavy atom. The summed E-state index contributed by atoms with van der Waals surface area (Å²) in [5.41, 5.74) is 7.14. The highest BCUT2D eigenvalue weighted by molar-refractivity contribution is 9.10. The molecule has 0 saturated carbocycles. The summed E-state index contributed by atoms with van der Waals surface area (Å²) in [6.07, 6.45) is 3.96. The highest BCUT2D eigenvalue weighted by Gasteiger charge is 2.32. The average molecular weight is 356 g/mol. The number of rotatable bonds is 3. The summed E-state index contributed by atoms with van der Waals surface area (Å²) in [5.74, 6) is -0.210. The second-order valence-electron chi connectivity index (χ2n) is 6.10. The summed E-state index contributed by atoms with van der Waals surface area (Å²) in [6.45, 7) is 5.05. The molecule has 2 aliphatic heterocycles. The molecule has 2 fully saturated rings. The van der Waals surface area contributed by atoms with Crippen LogP contribution in [0.2, 0.25) is 0 Å². The summed E-state index contributed by atoms with van der Waals surface area (Å²) < 4.78 is 14.1. The second-order valence-corrected chi connectivity index (χ2v) is 6.95. The monoisotopic (exact) mass is 355 g/mol. The third kappa shape index (κ3) is 3.31. The number of fused-ring (bicyclic) bond motifs is 1. The van der Waals surface area contributed by atoms with Crippen LogP contribution in [0.4, 0.5) is 4.39 Å². The molecule has 5 heteroatoms. The van der Waals surface area contributed by atoms with Gasteiger partial charge in [0.25, 0.3) is 0 Å². The molecule has 0 spiro atoms. The van der Waals surface area contributed by atoms with Crippen molar-refractivity contribution >= 4 is 15.9 Å². The first-order chi connectivity index (χ1) is 10.2. The van der Waals surface area contributed by atoms with Crippen molar-refractivity contribution in [3.63, 3.8) is 0 Å². The third-order valence-electron chi connectivity index (χ3n) is 4.85. The van der Waals surface area contributed by atoms with Crippen LogP contribution in [-0.2, 0) is 0 Å². The van der Waals surface area contributed by atoms with Gasteiger partial charge in [0.1, 0.15) is 5.82 Å². The van der Waals surface area contributed by atoms with Crippen LogP contribution in [0.1, 0.15) is 30.9 Å². The zero-order valence-corrected chi connectivity index (χ0v) is 13.9. The first-order valence-corrected chi connectivity index (χ1v) is 8.61. The van der Waals surface area contributed by atoms with Gasteiger partial charge in [-0.25, -0.2) is 4.39 Å². The maximum atomic E-state index is 13.3. The van der Waals surface area contributed by atoms with Crippen LogP contribution >= 0.6 is 15.9 Å². The zero-order chi connectivity index (χ0) is 14.8. The Morgan fingerprint density at radius 1 is 1.29 bits per heavy atom. The Balaban J connectivity index is 1.77. The lowest BCUT2D eigenvalue weighted by Crippen LogP contribution is -2.56. The average Bonchev–Trinajstić information content (AvgIpc) is 2.50. The molecule has 1 aromatic rings. The fourth-order valence-electron chi connectivity index (χ4n) is 3.71. The number of hydrogen-bond acceptors (Lipinski definition) is 3. The molecule has 21 heavy (non-hydrogen) atoms. The van der Waals surface area contributed by atoms with E-state index in [1.165, 1.54) is 37.9 Å². The van der Waals surface area contributed by atoms with Crippen LogP contribution in [0.25, 0.3) is 0 Å². The Bertz CT molecular complexity index is 496. The van der Waals surface area contributed by atoms with Crippen molar-refractivity contribution in [2.45, 2.75) is 31.3 Å². The summed E-state index contributed by atoms with van der Waals surface area (Å²) in [6, 6.07) is 5.77. The number of nitrogens with zero attached hydrogens (tertiary/aromatic N) is 2. The minimum atomic E-state index is -0.210. The van der Waals surface area contributed by atoms with Crippen molar-refractivity contribution in [3.8, 4) is 0 Å². The van der Waals surface area contributed by atoms with Gasteiger partial charge in [0.05, 0.1) is 0 Å². The Labute approximate surface area is 134 Å². The molecule has 0 aromatic heterocycles. The van der Waals surface area contributed by atoms with Gasteiger partial charge in [0, 0.05) is 42.7 Å². The Morgan fingerprint density at radius 3 is 2.90 bits per heavy atom. The predicted octanol–water partition coefficient (Wildman–Crippen LogP) is 2.76. The molecule has 3 nitrogen and oxygen atoms in total. The van der Waals surface area contributed by atoms with E-state index >= 15 is 0 Å². The molecule has 0 radical (unpaired) electrons. The number of nitrogens with two attached hydrogens (primary N) is 1. The molecule has 2 unspecified atom stereocenters. The highest BCUT2D eigenvalue weighted by atomic mass is 79.9. The van der Waals surface area contributed by atoms with Crippen molar-refractivity contribution in [1.29, 1.82) is 0 Å². The van der Waals surface area contributed by atoms with Crippen LogP contribution in [-0.4, -0.2) is 48.6 Å². The summed E-state index contributed by atoms with van der Waals surface area (Å²) in [5, 5.41) is 0. The van der Waals surface area contributed by atoms with Crippen LogP contribution in [0.5, 0.6) is 0 Å². The number of halogens is 2. The Kier molecular flexibility index (Phi) is 4.94. The van der Waals surface area contributed by atoms with Gasteiger partial charge in [-0.05, 0) is 37.1 Å².